The van der Waals surface area contributed by atoms with Crippen molar-refractivity contribution in [3.8, 4) is 6.07 Å². The first kappa shape index (κ1) is 28.3. The van der Waals surface area contributed by atoms with Crippen molar-refractivity contribution in [2.75, 3.05) is 29.4 Å². The SMILES string of the molecule is N#Cc1ccc(CCCC(=O)[C@@H]2CCCN2c2cc(N3CCC(CCC(=O)O)CC3)nc(C(F)(F)F)n2)cc1. The highest BCUT2D eigenvalue weighted by molar-refractivity contribution is 5.87. The number of rotatable bonds is 10. The standard InChI is InChI=1S/C28H32F3N5O3/c29-28(30,31)27-33-24(35-15-12-20(13-16-35)10-11-26(38)39)17-25(34-27)36-14-2-4-22(36)23(37)5-1-3-19-6-8-21(18-32)9-7-19/h6-9,17,20,22H,1-5,10-16H2,(H,38,39)/t22-/m0/s1. The fraction of sp³-hybridized carbons (Fsp3) is 0.536. The van der Waals surface area contributed by atoms with Gasteiger partial charge in [0.2, 0.25) is 5.82 Å². The molecule has 2 aliphatic heterocycles. The average molecular weight is 544 g/mol. The lowest BCUT2D eigenvalue weighted by molar-refractivity contribution is -0.144. The third-order valence-electron chi connectivity index (χ3n) is 7.55. The summed E-state index contributed by atoms with van der Waals surface area (Å²) in [5.74, 6) is -1.58. The molecule has 0 unspecified atom stereocenters. The van der Waals surface area contributed by atoms with Crippen molar-refractivity contribution >= 4 is 23.4 Å². The summed E-state index contributed by atoms with van der Waals surface area (Å²) in [6, 6.07) is 10.3. The van der Waals surface area contributed by atoms with Crippen LogP contribution in [0.15, 0.2) is 30.3 Å². The van der Waals surface area contributed by atoms with E-state index in [2.05, 4.69) is 16.0 Å². The van der Waals surface area contributed by atoms with Gasteiger partial charge in [-0.1, -0.05) is 12.1 Å². The zero-order valence-corrected chi connectivity index (χ0v) is 21.7. The van der Waals surface area contributed by atoms with Gasteiger partial charge in [-0.3, -0.25) is 9.59 Å². The Hall–Kier alpha value is -3.68. The molecule has 0 spiro atoms. The number of Topliss-reactive ketones (excluding diaryl/α,β-unsaturated/α-hetero) is 1. The molecule has 0 saturated carbocycles. The molecule has 2 aliphatic rings. The number of ketones is 1. The molecule has 1 aromatic carbocycles. The molecule has 1 aromatic heterocycles. The molecule has 0 aliphatic carbocycles. The summed E-state index contributed by atoms with van der Waals surface area (Å²) in [4.78, 5) is 35.1. The molecule has 208 valence electrons. The molecule has 1 N–H and O–H groups in total. The maximum Gasteiger partial charge on any atom is 0.451 e. The summed E-state index contributed by atoms with van der Waals surface area (Å²) in [6.45, 7) is 1.41. The minimum Gasteiger partial charge on any atom is -0.481 e. The number of hydrogen-bond acceptors (Lipinski definition) is 7. The number of carboxylic acid groups (broad SMARTS) is 1. The van der Waals surface area contributed by atoms with Crippen molar-refractivity contribution < 1.29 is 27.9 Å². The highest BCUT2D eigenvalue weighted by Crippen LogP contribution is 2.34. The van der Waals surface area contributed by atoms with Crippen molar-refractivity contribution in [3.05, 3.63) is 47.3 Å². The van der Waals surface area contributed by atoms with Crippen molar-refractivity contribution in [3.63, 3.8) is 0 Å². The number of nitrogens with zero attached hydrogens (tertiary/aromatic N) is 5. The smallest absolute Gasteiger partial charge is 0.451 e. The number of carbonyl (C=O) groups excluding carboxylic acids is 1. The normalized spacial score (nSPS) is 18.3. The van der Waals surface area contributed by atoms with Crippen LogP contribution in [0.25, 0.3) is 0 Å². The predicted octanol–water partition coefficient (Wildman–Crippen LogP) is 5.01. The van der Waals surface area contributed by atoms with Gasteiger partial charge in [0.25, 0.3) is 0 Å². The first-order chi connectivity index (χ1) is 18.6. The Morgan fingerprint density at radius 2 is 1.72 bits per heavy atom. The number of hydrogen-bond donors (Lipinski definition) is 1. The van der Waals surface area contributed by atoms with E-state index < -0.39 is 24.0 Å². The zero-order chi connectivity index (χ0) is 28.0. The van der Waals surface area contributed by atoms with E-state index in [1.807, 2.05) is 12.1 Å². The lowest BCUT2D eigenvalue weighted by Gasteiger charge is -2.34. The highest BCUT2D eigenvalue weighted by Gasteiger charge is 2.38. The van der Waals surface area contributed by atoms with E-state index >= 15 is 0 Å². The molecule has 3 heterocycles. The first-order valence-electron chi connectivity index (χ1n) is 13.4. The second-order valence-corrected chi connectivity index (χ2v) is 10.2. The number of halogens is 3. The van der Waals surface area contributed by atoms with Crippen LogP contribution in [0.3, 0.4) is 0 Å². The second-order valence-electron chi connectivity index (χ2n) is 10.2. The lowest BCUT2D eigenvalue weighted by Crippen LogP contribution is -2.38. The van der Waals surface area contributed by atoms with Crippen LogP contribution >= 0.6 is 0 Å². The molecule has 2 aromatic rings. The molecule has 11 heteroatoms. The predicted molar refractivity (Wildman–Crippen MR) is 138 cm³/mol. The molecule has 0 bridgehead atoms. The quantitative estimate of drug-likeness (QED) is 0.445. The Morgan fingerprint density at radius 1 is 1.03 bits per heavy atom. The van der Waals surface area contributed by atoms with Gasteiger partial charge in [0.1, 0.15) is 11.6 Å². The minimum absolute atomic E-state index is 0.0193. The number of anilines is 2. The molecular weight excluding hydrogens is 511 g/mol. The maximum absolute atomic E-state index is 13.8. The van der Waals surface area contributed by atoms with Gasteiger partial charge in [0.05, 0.1) is 17.7 Å². The van der Waals surface area contributed by atoms with E-state index in [0.29, 0.717) is 76.6 Å². The van der Waals surface area contributed by atoms with E-state index in [1.165, 1.54) is 0 Å². The number of carboxylic acids is 1. The fourth-order valence-electron chi connectivity index (χ4n) is 5.39. The zero-order valence-electron chi connectivity index (χ0n) is 21.7. The van der Waals surface area contributed by atoms with Crippen LogP contribution in [0, 0.1) is 17.2 Å². The Morgan fingerprint density at radius 3 is 2.36 bits per heavy atom. The number of aromatic nitrogens is 2. The topological polar surface area (TPSA) is 110 Å². The van der Waals surface area contributed by atoms with Crippen molar-refractivity contribution in [2.24, 2.45) is 5.92 Å². The van der Waals surface area contributed by atoms with E-state index in [1.54, 1.807) is 28.0 Å². The van der Waals surface area contributed by atoms with E-state index in [-0.39, 0.29) is 29.8 Å². The molecule has 1 atom stereocenters. The second kappa shape index (κ2) is 12.5. The van der Waals surface area contributed by atoms with Gasteiger partial charge in [-0.2, -0.15) is 18.4 Å². The van der Waals surface area contributed by atoms with Gasteiger partial charge in [-0.25, -0.2) is 9.97 Å². The number of carbonyl (C=O) groups is 2. The molecule has 2 saturated heterocycles. The Bertz CT molecular complexity index is 1200. The Labute approximate surface area is 225 Å². The maximum atomic E-state index is 13.8. The lowest BCUT2D eigenvalue weighted by atomic mass is 9.92. The first-order valence-corrected chi connectivity index (χ1v) is 13.4. The fourth-order valence-corrected chi connectivity index (χ4v) is 5.39. The summed E-state index contributed by atoms with van der Waals surface area (Å²) in [6.07, 6.45) is 0.0768. The minimum atomic E-state index is -4.73. The summed E-state index contributed by atoms with van der Waals surface area (Å²) >= 11 is 0. The van der Waals surface area contributed by atoms with Gasteiger partial charge in [-0.15, -0.1) is 0 Å². The van der Waals surface area contributed by atoms with Gasteiger partial charge in [-0.05, 0) is 68.6 Å². The Kier molecular flexibility index (Phi) is 9.04. The third-order valence-corrected chi connectivity index (χ3v) is 7.55. The highest BCUT2D eigenvalue weighted by atomic mass is 19.4. The number of piperidine rings is 1. The third kappa shape index (κ3) is 7.46. The number of aliphatic carboxylic acids is 1. The van der Waals surface area contributed by atoms with Crippen LogP contribution < -0.4 is 9.80 Å². The molecule has 4 rings (SSSR count). The molecule has 0 radical (unpaired) electrons. The van der Waals surface area contributed by atoms with Crippen LogP contribution in [0.1, 0.15) is 68.3 Å². The number of benzene rings is 1. The summed E-state index contributed by atoms with van der Waals surface area (Å²) < 4.78 is 41.3. The van der Waals surface area contributed by atoms with Crippen LogP contribution in [-0.2, 0) is 22.2 Å². The average Bonchev–Trinajstić information content (AvgIpc) is 3.42. The van der Waals surface area contributed by atoms with Crippen LogP contribution in [0.2, 0.25) is 0 Å². The number of aryl methyl sites for hydroxylation is 1. The van der Waals surface area contributed by atoms with Gasteiger partial charge in [0, 0.05) is 38.5 Å². The summed E-state index contributed by atoms with van der Waals surface area (Å²) in [7, 11) is 0. The van der Waals surface area contributed by atoms with Crippen LogP contribution in [0.4, 0.5) is 24.8 Å². The van der Waals surface area contributed by atoms with Gasteiger partial charge < -0.3 is 14.9 Å². The number of nitriles is 1. The van der Waals surface area contributed by atoms with E-state index in [9.17, 15) is 22.8 Å². The van der Waals surface area contributed by atoms with Gasteiger partial charge in [0.15, 0.2) is 5.78 Å². The van der Waals surface area contributed by atoms with Crippen molar-refractivity contribution in [1.82, 2.24) is 9.97 Å². The summed E-state index contributed by atoms with van der Waals surface area (Å²) in [5.41, 5.74) is 1.59. The largest absolute Gasteiger partial charge is 0.481 e. The number of alkyl halides is 3. The van der Waals surface area contributed by atoms with Crippen molar-refractivity contribution in [1.29, 1.82) is 5.26 Å². The summed E-state index contributed by atoms with van der Waals surface area (Å²) in [5, 5.41) is 17.8. The molecule has 2 fully saturated rings. The monoisotopic (exact) mass is 543 g/mol. The Balaban J connectivity index is 1.44. The molecule has 39 heavy (non-hydrogen) atoms. The van der Waals surface area contributed by atoms with E-state index in [4.69, 9.17) is 10.4 Å². The molecule has 8 nitrogen and oxygen atoms in total. The van der Waals surface area contributed by atoms with Crippen molar-refractivity contribution in [2.45, 2.75) is 70.0 Å². The van der Waals surface area contributed by atoms with Crippen LogP contribution in [0.5, 0.6) is 0 Å². The van der Waals surface area contributed by atoms with Crippen LogP contribution in [-0.4, -0.2) is 52.5 Å². The molecule has 0 amide bonds. The van der Waals surface area contributed by atoms with E-state index in [0.717, 1.165) is 5.56 Å². The van der Waals surface area contributed by atoms with Gasteiger partial charge >= 0.3 is 12.1 Å². The molecular formula is C28H32F3N5O3.